The molecule has 0 aliphatic carbocycles. The SMILES string of the molecule is Cc1ccc(-c2ccc(-c3ncc[nH]3)cc2)cc1C. The summed E-state index contributed by atoms with van der Waals surface area (Å²) in [5.41, 5.74) is 6.26. The Morgan fingerprint density at radius 1 is 0.789 bits per heavy atom. The molecule has 2 aromatic carbocycles. The highest BCUT2D eigenvalue weighted by Gasteiger charge is 2.02. The number of benzene rings is 2. The molecule has 1 N–H and O–H groups in total. The Kier molecular flexibility index (Phi) is 2.92. The molecule has 0 amide bonds. The van der Waals surface area contributed by atoms with Crippen LogP contribution in [0.4, 0.5) is 0 Å². The van der Waals surface area contributed by atoms with Crippen molar-refractivity contribution in [2.75, 3.05) is 0 Å². The summed E-state index contributed by atoms with van der Waals surface area (Å²) >= 11 is 0. The summed E-state index contributed by atoms with van der Waals surface area (Å²) in [7, 11) is 0. The van der Waals surface area contributed by atoms with Crippen LogP contribution in [0.3, 0.4) is 0 Å². The van der Waals surface area contributed by atoms with E-state index in [9.17, 15) is 0 Å². The highest BCUT2D eigenvalue weighted by molar-refractivity contribution is 5.68. The van der Waals surface area contributed by atoms with E-state index in [0.29, 0.717) is 0 Å². The number of aromatic amines is 1. The first-order chi connectivity index (χ1) is 9.24. The second-order valence-electron chi connectivity index (χ2n) is 4.81. The number of nitrogens with one attached hydrogen (secondary N) is 1. The Morgan fingerprint density at radius 2 is 1.47 bits per heavy atom. The first-order valence-corrected chi connectivity index (χ1v) is 6.41. The Labute approximate surface area is 113 Å². The lowest BCUT2D eigenvalue weighted by Crippen LogP contribution is -1.85. The van der Waals surface area contributed by atoms with Gasteiger partial charge in [0.2, 0.25) is 0 Å². The summed E-state index contributed by atoms with van der Waals surface area (Å²) < 4.78 is 0. The van der Waals surface area contributed by atoms with Gasteiger partial charge in [0, 0.05) is 18.0 Å². The second kappa shape index (κ2) is 4.73. The number of H-pyrrole nitrogens is 1. The van der Waals surface area contributed by atoms with Crippen LogP contribution in [0.5, 0.6) is 0 Å². The van der Waals surface area contributed by atoms with Crippen LogP contribution in [0.25, 0.3) is 22.5 Å². The third-order valence-electron chi connectivity index (χ3n) is 3.50. The highest BCUT2D eigenvalue weighted by Crippen LogP contribution is 2.24. The molecular weight excluding hydrogens is 232 g/mol. The monoisotopic (exact) mass is 248 g/mol. The number of rotatable bonds is 2. The van der Waals surface area contributed by atoms with E-state index in [4.69, 9.17) is 0 Å². The van der Waals surface area contributed by atoms with Crippen LogP contribution in [0.2, 0.25) is 0 Å². The van der Waals surface area contributed by atoms with Crippen molar-refractivity contribution >= 4 is 0 Å². The van der Waals surface area contributed by atoms with E-state index < -0.39 is 0 Å². The maximum Gasteiger partial charge on any atom is 0.137 e. The quantitative estimate of drug-likeness (QED) is 0.717. The topological polar surface area (TPSA) is 28.7 Å². The van der Waals surface area contributed by atoms with Crippen molar-refractivity contribution in [2.24, 2.45) is 0 Å². The van der Waals surface area contributed by atoms with E-state index in [-0.39, 0.29) is 0 Å². The van der Waals surface area contributed by atoms with Gasteiger partial charge in [-0.25, -0.2) is 4.98 Å². The molecule has 0 fully saturated rings. The van der Waals surface area contributed by atoms with E-state index in [2.05, 4.69) is 66.3 Å². The molecule has 0 aliphatic rings. The average molecular weight is 248 g/mol. The molecule has 3 aromatic rings. The zero-order chi connectivity index (χ0) is 13.2. The van der Waals surface area contributed by atoms with Gasteiger partial charge < -0.3 is 4.98 Å². The van der Waals surface area contributed by atoms with Crippen LogP contribution in [-0.4, -0.2) is 9.97 Å². The van der Waals surface area contributed by atoms with E-state index in [0.717, 1.165) is 11.4 Å². The molecule has 0 atom stereocenters. The molecule has 94 valence electrons. The van der Waals surface area contributed by atoms with Crippen LogP contribution in [0.15, 0.2) is 54.9 Å². The highest BCUT2D eigenvalue weighted by atomic mass is 14.9. The van der Waals surface area contributed by atoms with Gasteiger partial charge in [-0.15, -0.1) is 0 Å². The van der Waals surface area contributed by atoms with Gasteiger partial charge in [-0.05, 0) is 36.1 Å². The third-order valence-corrected chi connectivity index (χ3v) is 3.50. The molecular formula is C17H16N2. The van der Waals surface area contributed by atoms with Crippen molar-refractivity contribution in [3.8, 4) is 22.5 Å². The van der Waals surface area contributed by atoms with Crippen molar-refractivity contribution in [2.45, 2.75) is 13.8 Å². The minimum Gasteiger partial charge on any atom is -0.345 e. The molecule has 0 spiro atoms. The van der Waals surface area contributed by atoms with Crippen LogP contribution in [0.1, 0.15) is 11.1 Å². The Hall–Kier alpha value is -2.35. The number of nitrogens with zero attached hydrogens (tertiary/aromatic N) is 1. The molecule has 1 aromatic heterocycles. The fourth-order valence-electron chi connectivity index (χ4n) is 2.16. The Balaban J connectivity index is 1.96. The lowest BCUT2D eigenvalue weighted by Gasteiger charge is -2.06. The Bertz CT molecular complexity index is 680. The minimum absolute atomic E-state index is 0.909. The van der Waals surface area contributed by atoms with Crippen LogP contribution < -0.4 is 0 Å². The summed E-state index contributed by atoms with van der Waals surface area (Å²) in [6.45, 7) is 4.29. The maximum absolute atomic E-state index is 4.26. The third kappa shape index (κ3) is 2.29. The summed E-state index contributed by atoms with van der Waals surface area (Å²) in [6, 6.07) is 15.1. The van der Waals surface area contributed by atoms with Gasteiger partial charge in [0.05, 0.1) is 0 Å². The zero-order valence-corrected chi connectivity index (χ0v) is 11.1. The van der Waals surface area contributed by atoms with Crippen molar-refractivity contribution < 1.29 is 0 Å². The van der Waals surface area contributed by atoms with Gasteiger partial charge in [-0.1, -0.05) is 42.5 Å². The van der Waals surface area contributed by atoms with Crippen LogP contribution >= 0.6 is 0 Å². The second-order valence-corrected chi connectivity index (χ2v) is 4.81. The predicted octanol–water partition coefficient (Wildman–Crippen LogP) is 4.36. The summed E-state index contributed by atoms with van der Waals surface area (Å²) in [5, 5.41) is 0. The molecule has 0 unspecified atom stereocenters. The minimum atomic E-state index is 0.909. The van der Waals surface area contributed by atoms with Gasteiger partial charge >= 0.3 is 0 Å². The van der Waals surface area contributed by atoms with Gasteiger partial charge in [-0.3, -0.25) is 0 Å². The molecule has 0 saturated heterocycles. The number of aryl methyl sites for hydroxylation is 2. The number of imidazole rings is 1. The molecule has 19 heavy (non-hydrogen) atoms. The average Bonchev–Trinajstić information content (AvgIpc) is 2.96. The van der Waals surface area contributed by atoms with Crippen LogP contribution in [0, 0.1) is 13.8 Å². The Morgan fingerprint density at radius 3 is 2.11 bits per heavy atom. The fourth-order valence-corrected chi connectivity index (χ4v) is 2.16. The van der Waals surface area contributed by atoms with Gasteiger partial charge in [-0.2, -0.15) is 0 Å². The van der Waals surface area contributed by atoms with Crippen molar-refractivity contribution in [1.29, 1.82) is 0 Å². The molecule has 3 rings (SSSR count). The van der Waals surface area contributed by atoms with Crippen molar-refractivity contribution in [3.63, 3.8) is 0 Å². The zero-order valence-electron chi connectivity index (χ0n) is 11.1. The number of hydrogen-bond donors (Lipinski definition) is 1. The standard InChI is InChI=1S/C17H16N2/c1-12-3-4-16(11-13(12)2)14-5-7-15(8-6-14)17-18-9-10-19-17/h3-11H,1-2H3,(H,18,19). The first kappa shape index (κ1) is 11.7. The van der Waals surface area contributed by atoms with Crippen molar-refractivity contribution in [1.82, 2.24) is 9.97 Å². The summed E-state index contributed by atoms with van der Waals surface area (Å²) in [5.74, 6) is 0.909. The summed E-state index contributed by atoms with van der Waals surface area (Å²) in [6.07, 6.45) is 3.61. The molecule has 0 saturated carbocycles. The maximum atomic E-state index is 4.26. The van der Waals surface area contributed by atoms with Gasteiger partial charge in [0.1, 0.15) is 5.82 Å². The molecule has 2 heteroatoms. The first-order valence-electron chi connectivity index (χ1n) is 6.41. The van der Waals surface area contributed by atoms with E-state index in [1.807, 2.05) is 6.20 Å². The molecule has 1 heterocycles. The number of hydrogen-bond acceptors (Lipinski definition) is 1. The predicted molar refractivity (Wildman–Crippen MR) is 78.9 cm³/mol. The molecule has 0 aliphatic heterocycles. The largest absolute Gasteiger partial charge is 0.345 e. The smallest absolute Gasteiger partial charge is 0.137 e. The normalized spacial score (nSPS) is 10.6. The molecule has 0 radical (unpaired) electrons. The van der Waals surface area contributed by atoms with Gasteiger partial charge in [0.15, 0.2) is 0 Å². The molecule has 2 nitrogen and oxygen atoms in total. The molecule has 0 bridgehead atoms. The summed E-state index contributed by atoms with van der Waals surface area (Å²) in [4.78, 5) is 7.38. The lowest BCUT2D eigenvalue weighted by molar-refractivity contribution is 1.31. The fraction of sp³-hybridized carbons (Fsp3) is 0.118. The lowest BCUT2D eigenvalue weighted by atomic mass is 9.99. The van der Waals surface area contributed by atoms with Crippen molar-refractivity contribution in [3.05, 3.63) is 66.0 Å². The van der Waals surface area contributed by atoms with E-state index in [1.54, 1.807) is 6.20 Å². The van der Waals surface area contributed by atoms with E-state index in [1.165, 1.54) is 22.3 Å². The van der Waals surface area contributed by atoms with Crippen LogP contribution in [-0.2, 0) is 0 Å². The van der Waals surface area contributed by atoms with Gasteiger partial charge in [0.25, 0.3) is 0 Å². The number of aromatic nitrogens is 2. The van der Waals surface area contributed by atoms with E-state index >= 15 is 0 Å².